The van der Waals surface area contributed by atoms with Gasteiger partial charge in [0.15, 0.2) is 0 Å². The first-order valence-corrected chi connectivity index (χ1v) is 10.6. The summed E-state index contributed by atoms with van der Waals surface area (Å²) in [5.74, 6) is 0.782. The molecule has 0 saturated carbocycles. The average Bonchev–Trinajstić information content (AvgIpc) is 2.75. The Morgan fingerprint density at radius 3 is 2.63 bits per heavy atom. The van der Waals surface area contributed by atoms with Crippen molar-refractivity contribution in [3.8, 4) is 0 Å². The van der Waals surface area contributed by atoms with Gasteiger partial charge in [-0.15, -0.1) is 0 Å². The van der Waals surface area contributed by atoms with Crippen LogP contribution in [0.4, 0.5) is 5.82 Å². The number of hydrogen-bond acceptors (Lipinski definition) is 4. The van der Waals surface area contributed by atoms with Crippen molar-refractivity contribution in [3.05, 3.63) is 87.8 Å². The van der Waals surface area contributed by atoms with E-state index >= 15 is 0 Å². The number of likely N-dealkylation sites (tertiary alicyclic amines) is 1. The predicted octanol–water partition coefficient (Wildman–Crippen LogP) is 4.63. The second-order valence-corrected chi connectivity index (χ2v) is 8.26. The second-order valence-electron chi connectivity index (χ2n) is 7.85. The van der Waals surface area contributed by atoms with Crippen molar-refractivity contribution in [2.45, 2.75) is 32.1 Å². The van der Waals surface area contributed by atoms with Gasteiger partial charge >= 0.3 is 0 Å². The zero-order chi connectivity index (χ0) is 21.1. The van der Waals surface area contributed by atoms with Crippen LogP contribution in [0, 0.1) is 6.92 Å². The van der Waals surface area contributed by atoms with Crippen molar-refractivity contribution in [2.24, 2.45) is 0 Å². The van der Waals surface area contributed by atoms with E-state index in [-0.39, 0.29) is 5.91 Å². The molecule has 0 unspecified atom stereocenters. The number of carbonyl (C=O) groups is 1. The van der Waals surface area contributed by atoms with E-state index in [1.807, 2.05) is 30.0 Å². The molecule has 0 radical (unpaired) electrons. The van der Waals surface area contributed by atoms with E-state index in [2.05, 4.69) is 23.2 Å². The number of nitrogens with zero attached hydrogens (tertiary/aromatic N) is 3. The van der Waals surface area contributed by atoms with Crippen molar-refractivity contribution in [1.29, 1.82) is 0 Å². The van der Waals surface area contributed by atoms with Gasteiger partial charge in [0.1, 0.15) is 5.82 Å². The summed E-state index contributed by atoms with van der Waals surface area (Å²) in [5.41, 5.74) is 10.7. The molecule has 3 aromatic rings. The van der Waals surface area contributed by atoms with Gasteiger partial charge in [-0.2, -0.15) is 0 Å². The van der Waals surface area contributed by atoms with Crippen molar-refractivity contribution in [3.63, 3.8) is 0 Å². The predicted molar refractivity (Wildman–Crippen MR) is 120 cm³/mol. The molecule has 1 amide bonds. The lowest BCUT2D eigenvalue weighted by Gasteiger charge is -2.32. The van der Waals surface area contributed by atoms with Gasteiger partial charge in [-0.05, 0) is 67.6 Å². The van der Waals surface area contributed by atoms with Gasteiger partial charge in [-0.1, -0.05) is 29.8 Å². The van der Waals surface area contributed by atoms with Crippen LogP contribution in [0.5, 0.6) is 0 Å². The SMILES string of the molecule is Cc1cc(Cc2ccccc2Cl)cc(C2CCN(C(=O)c3ccc(N)nc3)CC2)n1. The first kappa shape index (κ1) is 20.4. The van der Waals surface area contributed by atoms with Gasteiger partial charge < -0.3 is 10.6 Å². The molecule has 1 aromatic carbocycles. The fourth-order valence-electron chi connectivity index (χ4n) is 4.03. The third-order valence-electron chi connectivity index (χ3n) is 5.62. The van der Waals surface area contributed by atoms with E-state index < -0.39 is 0 Å². The van der Waals surface area contributed by atoms with Crippen LogP contribution < -0.4 is 5.73 Å². The van der Waals surface area contributed by atoms with Gasteiger partial charge in [0.05, 0.1) is 5.56 Å². The summed E-state index contributed by atoms with van der Waals surface area (Å²) in [6.07, 6.45) is 4.14. The number of anilines is 1. The maximum absolute atomic E-state index is 12.7. The molecule has 154 valence electrons. The third-order valence-corrected chi connectivity index (χ3v) is 5.99. The van der Waals surface area contributed by atoms with Gasteiger partial charge in [0.2, 0.25) is 0 Å². The lowest BCUT2D eigenvalue weighted by Crippen LogP contribution is -2.38. The number of rotatable bonds is 4. The minimum absolute atomic E-state index is 0.0116. The molecule has 4 rings (SSSR count). The summed E-state index contributed by atoms with van der Waals surface area (Å²) >= 11 is 6.34. The van der Waals surface area contributed by atoms with Crippen LogP contribution in [0.3, 0.4) is 0 Å². The van der Waals surface area contributed by atoms with Crippen LogP contribution in [0.25, 0.3) is 0 Å². The molecule has 0 bridgehead atoms. The minimum atomic E-state index is 0.0116. The maximum atomic E-state index is 12.7. The molecular weight excluding hydrogens is 396 g/mol. The molecule has 1 aliphatic heterocycles. The number of amides is 1. The molecule has 1 saturated heterocycles. The van der Waals surface area contributed by atoms with Crippen molar-refractivity contribution in [2.75, 3.05) is 18.8 Å². The maximum Gasteiger partial charge on any atom is 0.255 e. The Hall–Kier alpha value is -2.92. The quantitative estimate of drug-likeness (QED) is 0.667. The Labute approximate surface area is 181 Å². The smallest absolute Gasteiger partial charge is 0.255 e. The number of piperidine rings is 1. The number of hydrogen-bond donors (Lipinski definition) is 1. The highest BCUT2D eigenvalue weighted by Crippen LogP contribution is 2.29. The van der Waals surface area contributed by atoms with Crippen molar-refractivity contribution in [1.82, 2.24) is 14.9 Å². The summed E-state index contributed by atoms with van der Waals surface area (Å²) < 4.78 is 0. The Kier molecular flexibility index (Phi) is 6.00. The lowest BCUT2D eigenvalue weighted by molar-refractivity contribution is 0.0711. The fourth-order valence-corrected chi connectivity index (χ4v) is 4.24. The van der Waals surface area contributed by atoms with Crippen molar-refractivity contribution < 1.29 is 4.79 Å². The molecule has 0 atom stereocenters. The second kappa shape index (κ2) is 8.84. The van der Waals surface area contributed by atoms with Crippen LogP contribution in [-0.4, -0.2) is 33.9 Å². The Balaban J connectivity index is 1.44. The molecule has 1 fully saturated rings. The van der Waals surface area contributed by atoms with Crippen LogP contribution in [0.1, 0.15) is 51.6 Å². The van der Waals surface area contributed by atoms with E-state index in [0.717, 1.165) is 41.2 Å². The van der Waals surface area contributed by atoms with Gasteiger partial charge in [0.25, 0.3) is 5.91 Å². The van der Waals surface area contributed by atoms with E-state index in [0.29, 0.717) is 30.4 Å². The number of nitrogen functional groups attached to an aromatic ring is 1. The number of pyridine rings is 2. The summed E-state index contributed by atoms with van der Waals surface area (Å²) in [4.78, 5) is 23.4. The number of nitrogens with two attached hydrogens (primary N) is 1. The normalized spacial score (nSPS) is 14.7. The molecule has 5 nitrogen and oxygen atoms in total. The summed E-state index contributed by atoms with van der Waals surface area (Å²) in [5, 5.41) is 0.789. The zero-order valence-corrected chi connectivity index (χ0v) is 17.8. The van der Waals surface area contributed by atoms with Crippen LogP contribution in [-0.2, 0) is 6.42 Å². The van der Waals surface area contributed by atoms with E-state index in [1.165, 1.54) is 5.56 Å². The molecular formula is C24H25ClN4O. The first-order chi connectivity index (χ1) is 14.5. The Morgan fingerprint density at radius 2 is 1.93 bits per heavy atom. The minimum Gasteiger partial charge on any atom is -0.384 e. The molecule has 1 aliphatic rings. The number of benzene rings is 1. The number of aryl methyl sites for hydroxylation is 1. The largest absolute Gasteiger partial charge is 0.384 e. The lowest BCUT2D eigenvalue weighted by atomic mass is 9.91. The fraction of sp³-hybridized carbons (Fsp3) is 0.292. The number of halogens is 1. The van der Waals surface area contributed by atoms with E-state index in [4.69, 9.17) is 22.3 Å². The average molecular weight is 421 g/mol. The topological polar surface area (TPSA) is 72.1 Å². The molecule has 2 N–H and O–H groups in total. The zero-order valence-electron chi connectivity index (χ0n) is 17.0. The monoisotopic (exact) mass is 420 g/mol. The van der Waals surface area contributed by atoms with Crippen molar-refractivity contribution >= 4 is 23.3 Å². The van der Waals surface area contributed by atoms with E-state index in [1.54, 1.807) is 18.3 Å². The standard InChI is InChI=1S/C24H25ClN4O/c1-16-12-17(13-19-4-2-3-5-21(19)25)14-22(28-16)18-8-10-29(11-9-18)24(30)20-6-7-23(26)27-15-20/h2-7,12,14-15,18H,8-11,13H2,1H3,(H2,26,27). The van der Waals surface area contributed by atoms with E-state index in [9.17, 15) is 4.79 Å². The van der Waals surface area contributed by atoms with Gasteiger partial charge in [0, 0.05) is 41.6 Å². The molecule has 6 heteroatoms. The highest BCUT2D eigenvalue weighted by atomic mass is 35.5. The number of carbonyl (C=O) groups excluding carboxylic acids is 1. The number of aromatic nitrogens is 2. The highest BCUT2D eigenvalue weighted by molar-refractivity contribution is 6.31. The van der Waals surface area contributed by atoms with Crippen LogP contribution in [0.2, 0.25) is 5.02 Å². The molecule has 0 spiro atoms. The molecule has 3 heterocycles. The Bertz CT molecular complexity index is 1040. The summed E-state index contributed by atoms with van der Waals surface area (Å²) in [6.45, 7) is 3.46. The van der Waals surface area contributed by atoms with Gasteiger partial charge in [-0.25, -0.2) is 4.98 Å². The van der Waals surface area contributed by atoms with Crippen LogP contribution in [0.15, 0.2) is 54.7 Å². The third kappa shape index (κ3) is 4.62. The first-order valence-electron chi connectivity index (χ1n) is 10.2. The highest BCUT2D eigenvalue weighted by Gasteiger charge is 2.26. The molecule has 0 aliphatic carbocycles. The molecule has 2 aromatic heterocycles. The molecule has 30 heavy (non-hydrogen) atoms. The van der Waals surface area contributed by atoms with Gasteiger partial charge in [-0.3, -0.25) is 9.78 Å². The summed E-state index contributed by atoms with van der Waals surface area (Å²) in [7, 11) is 0. The van der Waals surface area contributed by atoms with Crippen LogP contribution >= 0.6 is 11.6 Å². The Morgan fingerprint density at radius 1 is 1.17 bits per heavy atom. The summed E-state index contributed by atoms with van der Waals surface area (Å²) in [6, 6.07) is 15.7.